The average Bonchev–Trinajstić information content (AvgIpc) is 2.44. The number of ether oxygens (including phenoxy) is 3. The number of allylic oxidation sites excluding steroid dienone is 1. The van der Waals surface area contributed by atoms with Gasteiger partial charge in [-0.05, 0) is 22.0 Å². The quantitative estimate of drug-likeness (QED) is 0.592. The summed E-state index contributed by atoms with van der Waals surface area (Å²) in [6.07, 6.45) is 1.60. The minimum Gasteiger partial charge on any atom is -0.493 e. The van der Waals surface area contributed by atoms with Gasteiger partial charge in [-0.2, -0.15) is 0 Å². The summed E-state index contributed by atoms with van der Waals surface area (Å²) < 4.78 is 16.3. The Hall–Kier alpha value is -1.49. The van der Waals surface area contributed by atoms with E-state index in [0.717, 1.165) is 0 Å². The SMILES string of the molecule is C=CC(C)C(=O)c1cc(OC)c(OC)c(OC)c1Br. The molecular weight excluding hydrogens is 312 g/mol. The summed E-state index contributed by atoms with van der Waals surface area (Å²) in [5.74, 6) is 0.962. The van der Waals surface area contributed by atoms with E-state index in [1.807, 2.05) is 0 Å². The number of ketones is 1. The molecule has 0 bridgehead atoms. The van der Waals surface area contributed by atoms with Crippen molar-refractivity contribution in [1.82, 2.24) is 0 Å². The topological polar surface area (TPSA) is 44.8 Å². The van der Waals surface area contributed by atoms with Crippen LogP contribution < -0.4 is 14.2 Å². The van der Waals surface area contributed by atoms with Crippen LogP contribution in [-0.2, 0) is 0 Å². The lowest BCUT2D eigenvalue weighted by Crippen LogP contribution is -2.11. The van der Waals surface area contributed by atoms with Crippen molar-refractivity contribution in [1.29, 1.82) is 0 Å². The van der Waals surface area contributed by atoms with Gasteiger partial charge in [-0.1, -0.05) is 13.0 Å². The first-order valence-electron chi connectivity index (χ1n) is 5.67. The van der Waals surface area contributed by atoms with Crippen molar-refractivity contribution >= 4 is 21.7 Å². The first-order chi connectivity index (χ1) is 9.01. The second-order valence-corrected chi connectivity index (χ2v) is 4.69. The summed E-state index contributed by atoms with van der Waals surface area (Å²) in [7, 11) is 4.53. The van der Waals surface area contributed by atoms with Gasteiger partial charge in [0, 0.05) is 11.5 Å². The Morgan fingerprint density at radius 1 is 1.26 bits per heavy atom. The van der Waals surface area contributed by atoms with Gasteiger partial charge in [0.15, 0.2) is 17.3 Å². The molecule has 1 aromatic carbocycles. The zero-order chi connectivity index (χ0) is 14.6. The molecule has 0 aliphatic heterocycles. The molecule has 5 heteroatoms. The van der Waals surface area contributed by atoms with E-state index in [1.165, 1.54) is 21.3 Å². The summed E-state index contributed by atoms with van der Waals surface area (Å²) in [5.41, 5.74) is 0.474. The summed E-state index contributed by atoms with van der Waals surface area (Å²) in [6.45, 7) is 5.42. The lowest BCUT2D eigenvalue weighted by atomic mass is 9.99. The number of carbonyl (C=O) groups excluding carboxylic acids is 1. The number of carbonyl (C=O) groups is 1. The van der Waals surface area contributed by atoms with Gasteiger partial charge in [0.1, 0.15) is 0 Å². The highest BCUT2D eigenvalue weighted by molar-refractivity contribution is 9.10. The lowest BCUT2D eigenvalue weighted by molar-refractivity contribution is 0.0951. The molecule has 4 nitrogen and oxygen atoms in total. The fourth-order valence-corrected chi connectivity index (χ4v) is 2.30. The number of halogens is 1. The monoisotopic (exact) mass is 328 g/mol. The molecular formula is C14H17BrO4. The fraction of sp³-hybridized carbons (Fsp3) is 0.357. The Kier molecular flexibility index (Phi) is 5.42. The molecule has 0 fully saturated rings. The number of Topliss-reactive ketones (excluding diaryl/α,β-unsaturated/α-hetero) is 1. The Morgan fingerprint density at radius 3 is 2.26 bits per heavy atom. The molecule has 0 radical (unpaired) electrons. The predicted octanol–water partition coefficient (Wildman–Crippen LogP) is 3.48. The Morgan fingerprint density at radius 2 is 1.84 bits per heavy atom. The maximum atomic E-state index is 12.3. The summed E-state index contributed by atoms with van der Waals surface area (Å²) >= 11 is 3.38. The highest BCUT2D eigenvalue weighted by atomic mass is 79.9. The van der Waals surface area contributed by atoms with E-state index in [1.54, 1.807) is 19.1 Å². The van der Waals surface area contributed by atoms with Crippen LogP contribution in [0.5, 0.6) is 17.2 Å². The van der Waals surface area contributed by atoms with E-state index in [4.69, 9.17) is 14.2 Å². The van der Waals surface area contributed by atoms with Crippen molar-refractivity contribution < 1.29 is 19.0 Å². The van der Waals surface area contributed by atoms with Crippen molar-refractivity contribution in [3.8, 4) is 17.2 Å². The van der Waals surface area contributed by atoms with Gasteiger partial charge in [-0.25, -0.2) is 0 Å². The number of benzene rings is 1. The van der Waals surface area contributed by atoms with Gasteiger partial charge in [0.25, 0.3) is 0 Å². The maximum Gasteiger partial charge on any atom is 0.204 e. The van der Waals surface area contributed by atoms with Crippen LogP contribution in [0, 0.1) is 5.92 Å². The molecule has 0 N–H and O–H groups in total. The van der Waals surface area contributed by atoms with Crippen LogP contribution in [0.1, 0.15) is 17.3 Å². The molecule has 0 aliphatic rings. The van der Waals surface area contributed by atoms with E-state index < -0.39 is 0 Å². The molecule has 0 heterocycles. The van der Waals surface area contributed by atoms with Crippen LogP contribution >= 0.6 is 15.9 Å². The minimum atomic E-state index is -0.292. The van der Waals surface area contributed by atoms with Gasteiger partial charge >= 0.3 is 0 Å². The highest BCUT2D eigenvalue weighted by Crippen LogP contribution is 2.45. The average molecular weight is 329 g/mol. The molecule has 0 saturated carbocycles. The van der Waals surface area contributed by atoms with Crippen molar-refractivity contribution in [2.24, 2.45) is 5.92 Å². The molecule has 0 saturated heterocycles. The minimum absolute atomic E-state index is 0.0684. The van der Waals surface area contributed by atoms with Gasteiger partial charge in [0.2, 0.25) is 5.75 Å². The maximum absolute atomic E-state index is 12.3. The second-order valence-electron chi connectivity index (χ2n) is 3.90. The second kappa shape index (κ2) is 6.61. The van der Waals surface area contributed by atoms with E-state index in [9.17, 15) is 4.79 Å². The van der Waals surface area contributed by atoms with Gasteiger partial charge in [-0.3, -0.25) is 4.79 Å². The lowest BCUT2D eigenvalue weighted by Gasteiger charge is -2.17. The number of hydrogen-bond acceptors (Lipinski definition) is 4. The van der Waals surface area contributed by atoms with E-state index >= 15 is 0 Å². The van der Waals surface area contributed by atoms with E-state index in [-0.39, 0.29) is 11.7 Å². The van der Waals surface area contributed by atoms with Crippen LogP contribution in [0.15, 0.2) is 23.2 Å². The van der Waals surface area contributed by atoms with Crippen molar-refractivity contribution in [3.05, 3.63) is 28.8 Å². The van der Waals surface area contributed by atoms with E-state index in [0.29, 0.717) is 27.3 Å². The Bertz CT molecular complexity index is 497. The van der Waals surface area contributed by atoms with Crippen LogP contribution in [0.25, 0.3) is 0 Å². The van der Waals surface area contributed by atoms with Crippen LogP contribution in [0.2, 0.25) is 0 Å². The predicted molar refractivity (Wildman–Crippen MR) is 77.5 cm³/mol. The first kappa shape index (κ1) is 15.6. The highest BCUT2D eigenvalue weighted by Gasteiger charge is 2.24. The van der Waals surface area contributed by atoms with Crippen molar-refractivity contribution in [3.63, 3.8) is 0 Å². The van der Waals surface area contributed by atoms with Crippen molar-refractivity contribution in [2.45, 2.75) is 6.92 Å². The molecule has 0 amide bonds. The molecule has 1 atom stereocenters. The summed E-state index contributed by atoms with van der Waals surface area (Å²) in [6, 6.07) is 1.63. The molecule has 19 heavy (non-hydrogen) atoms. The zero-order valence-corrected chi connectivity index (χ0v) is 13.0. The number of rotatable bonds is 6. The molecule has 104 valence electrons. The summed E-state index contributed by atoms with van der Waals surface area (Å²) in [4.78, 5) is 12.3. The zero-order valence-electron chi connectivity index (χ0n) is 11.5. The molecule has 1 unspecified atom stereocenters. The first-order valence-corrected chi connectivity index (χ1v) is 6.46. The summed E-state index contributed by atoms with van der Waals surface area (Å²) in [5, 5.41) is 0. The van der Waals surface area contributed by atoms with Crippen LogP contribution in [0.3, 0.4) is 0 Å². The largest absolute Gasteiger partial charge is 0.493 e. The Labute approximate surface area is 121 Å². The Balaban J connectivity index is 3.50. The molecule has 0 aromatic heterocycles. The molecule has 0 aliphatic carbocycles. The third-order valence-corrected chi connectivity index (χ3v) is 3.59. The number of methoxy groups -OCH3 is 3. The van der Waals surface area contributed by atoms with Gasteiger partial charge in [0.05, 0.1) is 25.8 Å². The van der Waals surface area contributed by atoms with Crippen LogP contribution in [-0.4, -0.2) is 27.1 Å². The van der Waals surface area contributed by atoms with Crippen LogP contribution in [0.4, 0.5) is 0 Å². The third-order valence-electron chi connectivity index (χ3n) is 2.80. The van der Waals surface area contributed by atoms with E-state index in [2.05, 4.69) is 22.5 Å². The van der Waals surface area contributed by atoms with Gasteiger partial charge in [-0.15, -0.1) is 6.58 Å². The normalized spacial score (nSPS) is 11.6. The standard InChI is InChI=1S/C14H17BrO4/c1-6-8(2)12(16)9-7-10(17-3)13(18-4)14(19-5)11(9)15/h6-8H,1H2,2-5H3. The molecule has 0 spiro atoms. The molecule has 1 rings (SSSR count). The van der Waals surface area contributed by atoms with Gasteiger partial charge < -0.3 is 14.2 Å². The number of hydrogen-bond donors (Lipinski definition) is 0. The molecule has 1 aromatic rings. The fourth-order valence-electron chi connectivity index (χ4n) is 1.65. The van der Waals surface area contributed by atoms with Crippen molar-refractivity contribution in [2.75, 3.05) is 21.3 Å². The third kappa shape index (κ3) is 2.92. The smallest absolute Gasteiger partial charge is 0.204 e.